The summed E-state index contributed by atoms with van der Waals surface area (Å²) in [5.41, 5.74) is 8.54. The van der Waals surface area contributed by atoms with Gasteiger partial charge in [0.15, 0.2) is 0 Å². The molecule has 0 unspecified atom stereocenters. The number of anilines is 1. The summed E-state index contributed by atoms with van der Waals surface area (Å²) < 4.78 is 0. The Morgan fingerprint density at radius 1 is 1.57 bits per heavy atom. The Balaban J connectivity index is 2.72. The lowest BCUT2D eigenvalue weighted by atomic mass is 10.1. The van der Waals surface area contributed by atoms with Gasteiger partial charge in [-0.1, -0.05) is 0 Å². The highest BCUT2D eigenvalue weighted by atomic mass is 32.2. The number of thioether (sulfide) groups is 1. The molecule has 2 heterocycles. The summed E-state index contributed by atoms with van der Waals surface area (Å²) in [4.78, 5) is 15.3. The van der Waals surface area contributed by atoms with E-state index in [2.05, 4.69) is 4.98 Å². The zero-order valence-corrected chi connectivity index (χ0v) is 8.52. The second kappa shape index (κ2) is 3.16. The highest BCUT2D eigenvalue weighted by molar-refractivity contribution is 7.98. The fourth-order valence-corrected chi connectivity index (χ4v) is 2.64. The molecule has 1 aromatic heterocycles. The molecule has 0 amide bonds. The third-order valence-corrected chi connectivity index (χ3v) is 3.28. The van der Waals surface area contributed by atoms with Crippen LogP contribution in [0.4, 0.5) is 5.69 Å². The average molecular weight is 210 g/mol. The zero-order chi connectivity index (χ0) is 10.3. The van der Waals surface area contributed by atoms with E-state index in [-0.39, 0.29) is 5.56 Å². The Morgan fingerprint density at radius 2 is 2.29 bits per heavy atom. The Kier molecular flexibility index (Phi) is 2.11. The molecule has 1 aliphatic heterocycles. The van der Waals surface area contributed by atoms with Crippen molar-refractivity contribution in [3.63, 3.8) is 0 Å². The van der Waals surface area contributed by atoms with E-state index in [4.69, 9.17) is 10.8 Å². The van der Waals surface area contributed by atoms with Crippen molar-refractivity contribution in [1.82, 2.24) is 4.98 Å². The van der Waals surface area contributed by atoms with E-state index in [0.717, 1.165) is 17.0 Å². The average Bonchev–Trinajstić information content (AvgIpc) is 2.52. The Labute approximate surface area is 85.5 Å². The van der Waals surface area contributed by atoms with Crippen molar-refractivity contribution in [1.29, 1.82) is 0 Å². The minimum atomic E-state index is -0.952. The first-order valence-corrected chi connectivity index (χ1v) is 5.35. The van der Waals surface area contributed by atoms with Crippen molar-refractivity contribution in [2.45, 2.75) is 18.4 Å². The van der Waals surface area contributed by atoms with Crippen LogP contribution in [-0.4, -0.2) is 16.1 Å². The van der Waals surface area contributed by atoms with Gasteiger partial charge in [0.1, 0.15) is 0 Å². The smallest absolute Gasteiger partial charge is 0.338 e. The van der Waals surface area contributed by atoms with E-state index in [1.54, 1.807) is 18.7 Å². The summed E-state index contributed by atoms with van der Waals surface area (Å²) in [6.07, 6.45) is 0. The summed E-state index contributed by atoms with van der Waals surface area (Å²) in [7, 11) is 0. The molecule has 0 spiro atoms. The molecule has 0 aromatic carbocycles. The fourth-order valence-electron chi connectivity index (χ4n) is 1.59. The van der Waals surface area contributed by atoms with Crippen molar-refractivity contribution in [2.75, 3.05) is 5.73 Å². The Hall–Kier alpha value is -1.23. The number of hydrogen-bond acceptors (Lipinski definition) is 4. The molecule has 1 aromatic rings. The first-order valence-electron chi connectivity index (χ1n) is 4.20. The van der Waals surface area contributed by atoms with Gasteiger partial charge < -0.3 is 10.8 Å². The van der Waals surface area contributed by atoms with E-state index in [1.807, 2.05) is 0 Å². The van der Waals surface area contributed by atoms with Gasteiger partial charge >= 0.3 is 5.97 Å². The standard InChI is InChI=1S/C9H10N2O2S/c1-4-8(10)7(9(12)13)5-2-14-3-6(5)11-4/h2-3,10H2,1H3,(H,12,13). The van der Waals surface area contributed by atoms with Gasteiger partial charge in [-0.15, -0.1) is 0 Å². The molecule has 0 bridgehead atoms. The second-order valence-electron chi connectivity index (χ2n) is 3.21. The maximum absolute atomic E-state index is 11.0. The molecule has 2 rings (SSSR count). The minimum Gasteiger partial charge on any atom is -0.478 e. The zero-order valence-electron chi connectivity index (χ0n) is 7.70. The Morgan fingerprint density at radius 3 is 2.93 bits per heavy atom. The molecule has 74 valence electrons. The van der Waals surface area contributed by atoms with Crippen molar-refractivity contribution >= 4 is 23.4 Å². The molecule has 0 atom stereocenters. The summed E-state index contributed by atoms with van der Waals surface area (Å²) in [6.45, 7) is 1.74. The van der Waals surface area contributed by atoms with Gasteiger partial charge in [0.2, 0.25) is 0 Å². The Bertz CT molecular complexity index is 418. The number of aryl methyl sites for hydroxylation is 1. The van der Waals surface area contributed by atoms with Crippen LogP contribution in [-0.2, 0) is 11.5 Å². The molecule has 4 nitrogen and oxygen atoms in total. The van der Waals surface area contributed by atoms with Gasteiger partial charge in [-0.2, -0.15) is 11.8 Å². The van der Waals surface area contributed by atoms with Crippen LogP contribution >= 0.6 is 11.8 Å². The molecule has 0 aliphatic carbocycles. The van der Waals surface area contributed by atoms with E-state index in [1.165, 1.54) is 0 Å². The number of rotatable bonds is 1. The molecule has 3 N–H and O–H groups in total. The van der Waals surface area contributed by atoms with E-state index < -0.39 is 5.97 Å². The lowest BCUT2D eigenvalue weighted by Crippen LogP contribution is -2.10. The van der Waals surface area contributed by atoms with Crippen LogP contribution in [0, 0.1) is 6.92 Å². The maximum atomic E-state index is 11.0. The number of hydrogen-bond donors (Lipinski definition) is 2. The van der Waals surface area contributed by atoms with Gasteiger partial charge in [-0.25, -0.2) is 4.79 Å². The lowest BCUT2D eigenvalue weighted by molar-refractivity contribution is 0.0697. The number of fused-ring (bicyclic) bond motifs is 1. The normalized spacial score (nSPS) is 14.1. The number of carbonyl (C=O) groups is 1. The number of carboxylic acid groups (broad SMARTS) is 1. The summed E-state index contributed by atoms with van der Waals surface area (Å²) in [5, 5.41) is 9.04. The molecular formula is C9H10N2O2S. The highest BCUT2D eigenvalue weighted by Gasteiger charge is 2.24. The van der Waals surface area contributed by atoms with Crippen LogP contribution in [0.1, 0.15) is 27.3 Å². The third-order valence-electron chi connectivity index (χ3n) is 2.31. The number of nitrogens with two attached hydrogens (primary N) is 1. The van der Waals surface area contributed by atoms with Crippen LogP contribution in [0.3, 0.4) is 0 Å². The largest absolute Gasteiger partial charge is 0.478 e. The molecule has 0 saturated carbocycles. The van der Waals surface area contributed by atoms with Crippen molar-refractivity contribution < 1.29 is 9.90 Å². The quantitative estimate of drug-likeness (QED) is 0.733. The lowest BCUT2D eigenvalue weighted by Gasteiger charge is -2.09. The summed E-state index contributed by atoms with van der Waals surface area (Å²) >= 11 is 1.67. The van der Waals surface area contributed by atoms with E-state index in [9.17, 15) is 4.79 Å². The van der Waals surface area contributed by atoms with Crippen LogP contribution in [0.25, 0.3) is 0 Å². The van der Waals surface area contributed by atoms with Gasteiger partial charge in [0, 0.05) is 17.1 Å². The molecule has 1 aliphatic rings. The first kappa shape index (κ1) is 9.33. The van der Waals surface area contributed by atoms with E-state index >= 15 is 0 Å². The number of aromatic carboxylic acids is 1. The maximum Gasteiger partial charge on any atom is 0.338 e. The molecule has 0 saturated heterocycles. The minimum absolute atomic E-state index is 0.248. The molecule has 14 heavy (non-hydrogen) atoms. The van der Waals surface area contributed by atoms with E-state index in [0.29, 0.717) is 17.1 Å². The van der Waals surface area contributed by atoms with Gasteiger partial charge in [-0.05, 0) is 6.92 Å². The molecule has 5 heteroatoms. The molecule has 0 fully saturated rings. The summed E-state index contributed by atoms with van der Waals surface area (Å²) in [6, 6.07) is 0. The highest BCUT2D eigenvalue weighted by Crippen LogP contribution is 2.34. The molecule has 0 radical (unpaired) electrons. The predicted molar refractivity (Wildman–Crippen MR) is 55.3 cm³/mol. The fraction of sp³-hybridized carbons (Fsp3) is 0.333. The van der Waals surface area contributed by atoms with Crippen molar-refractivity contribution in [2.24, 2.45) is 0 Å². The van der Waals surface area contributed by atoms with Crippen LogP contribution < -0.4 is 5.73 Å². The third kappa shape index (κ3) is 1.24. The number of carboxylic acids is 1. The monoisotopic (exact) mass is 210 g/mol. The predicted octanol–water partition coefficient (Wildman–Crippen LogP) is 1.42. The van der Waals surface area contributed by atoms with Crippen molar-refractivity contribution in [3.05, 3.63) is 22.5 Å². The number of pyridine rings is 1. The van der Waals surface area contributed by atoms with Gasteiger partial charge in [0.05, 0.1) is 22.6 Å². The second-order valence-corrected chi connectivity index (χ2v) is 4.19. The SMILES string of the molecule is Cc1nc2c(c(C(=O)O)c1N)CSC2. The number of nitrogens with zero attached hydrogens (tertiary/aromatic N) is 1. The number of nitrogen functional groups attached to an aromatic ring is 1. The van der Waals surface area contributed by atoms with Gasteiger partial charge in [-0.3, -0.25) is 4.98 Å². The van der Waals surface area contributed by atoms with Crippen molar-refractivity contribution in [3.8, 4) is 0 Å². The number of aromatic nitrogens is 1. The van der Waals surface area contributed by atoms with Gasteiger partial charge in [0.25, 0.3) is 0 Å². The van der Waals surface area contributed by atoms with Crippen LogP contribution in [0.5, 0.6) is 0 Å². The molecular weight excluding hydrogens is 200 g/mol. The summed E-state index contributed by atoms with van der Waals surface area (Å²) in [5.74, 6) is 0.539. The van der Waals surface area contributed by atoms with Crippen LogP contribution in [0.2, 0.25) is 0 Å². The topological polar surface area (TPSA) is 76.2 Å². The first-order chi connectivity index (χ1) is 6.61. The van der Waals surface area contributed by atoms with Crippen LogP contribution in [0.15, 0.2) is 0 Å².